The zero-order chi connectivity index (χ0) is 18.7. The summed E-state index contributed by atoms with van der Waals surface area (Å²) in [6.45, 7) is 7.19. The van der Waals surface area contributed by atoms with Gasteiger partial charge in [-0.05, 0) is 18.9 Å². The molecule has 8 heteroatoms. The topological polar surface area (TPSA) is 87.3 Å². The molecule has 1 heterocycles. The summed E-state index contributed by atoms with van der Waals surface area (Å²) in [5.41, 5.74) is 0.916. The number of esters is 1. The van der Waals surface area contributed by atoms with Gasteiger partial charge in [-0.1, -0.05) is 31.7 Å². The molecular formula is C17H21N3O4S. The quantitative estimate of drug-likeness (QED) is 0.434. The van der Waals surface area contributed by atoms with Gasteiger partial charge in [0.15, 0.2) is 11.9 Å². The molecule has 0 aliphatic heterocycles. The van der Waals surface area contributed by atoms with Crippen LogP contribution in [-0.2, 0) is 16.6 Å². The first-order valence-corrected chi connectivity index (χ1v) is 8.68. The summed E-state index contributed by atoms with van der Waals surface area (Å²) in [5.74, 6) is 0.437. The number of non-ortho nitro benzene ring substituents is 1. The molecule has 1 aromatic carbocycles. The van der Waals surface area contributed by atoms with E-state index >= 15 is 0 Å². The van der Waals surface area contributed by atoms with Gasteiger partial charge in [0, 0.05) is 31.0 Å². The molecule has 1 atom stereocenters. The highest BCUT2D eigenvalue weighted by Gasteiger charge is 2.23. The number of imidazole rings is 1. The van der Waals surface area contributed by atoms with Crippen LogP contribution in [0.25, 0.3) is 0 Å². The van der Waals surface area contributed by atoms with Gasteiger partial charge in [0.25, 0.3) is 5.69 Å². The van der Waals surface area contributed by atoms with Crippen LogP contribution in [-0.4, -0.2) is 20.4 Å². The van der Waals surface area contributed by atoms with E-state index in [0.717, 1.165) is 15.6 Å². The molecule has 0 N–H and O–H groups in total. The van der Waals surface area contributed by atoms with E-state index in [9.17, 15) is 14.9 Å². The lowest BCUT2D eigenvalue weighted by atomic mass is 10.1. The zero-order valence-electron chi connectivity index (χ0n) is 14.8. The number of benzene rings is 1. The van der Waals surface area contributed by atoms with Crippen molar-refractivity contribution in [2.75, 3.05) is 0 Å². The number of ether oxygens (including phenoxy) is 1. The molecule has 2 aromatic rings. The van der Waals surface area contributed by atoms with Crippen molar-refractivity contribution in [1.29, 1.82) is 0 Å². The van der Waals surface area contributed by atoms with Gasteiger partial charge in [0.1, 0.15) is 5.03 Å². The summed E-state index contributed by atoms with van der Waals surface area (Å²) >= 11 is 1.41. The second-order valence-electron chi connectivity index (χ2n) is 5.98. The number of hydrogen-bond donors (Lipinski definition) is 0. The monoisotopic (exact) mass is 363 g/mol. The number of aromatic nitrogens is 2. The van der Waals surface area contributed by atoms with Crippen LogP contribution in [0.4, 0.5) is 5.69 Å². The number of carbonyl (C=O) groups excluding carboxylic acids is 1. The second kappa shape index (κ2) is 7.69. The van der Waals surface area contributed by atoms with Crippen LogP contribution in [0.1, 0.15) is 51.2 Å². The van der Waals surface area contributed by atoms with Gasteiger partial charge < -0.3 is 9.30 Å². The highest BCUT2D eigenvalue weighted by Crippen LogP contribution is 2.36. The first-order chi connectivity index (χ1) is 11.7. The maximum atomic E-state index is 11.2. The number of carbonyl (C=O) groups is 1. The van der Waals surface area contributed by atoms with Gasteiger partial charge in [-0.15, -0.1) is 0 Å². The number of nitro groups is 1. The van der Waals surface area contributed by atoms with E-state index in [1.165, 1.54) is 30.8 Å². The molecule has 1 unspecified atom stereocenters. The Morgan fingerprint density at radius 1 is 1.36 bits per heavy atom. The Balaban J connectivity index is 2.42. The third kappa shape index (κ3) is 4.39. The fourth-order valence-electron chi connectivity index (χ4n) is 2.46. The van der Waals surface area contributed by atoms with Gasteiger partial charge in [0.05, 0.1) is 10.6 Å². The molecular weight excluding hydrogens is 342 g/mol. The molecule has 25 heavy (non-hydrogen) atoms. The molecule has 0 radical (unpaired) electrons. The van der Waals surface area contributed by atoms with Crippen molar-refractivity contribution in [2.45, 2.75) is 49.6 Å². The minimum Gasteiger partial charge on any atom is -0.455 e. The Morgan fingerprint density at radius 2 is 2.04 bits per heavy atom. The molecule has 0 saturated carbocycles. The average Bonchev–Trinajstić information content (AvgIpc) is 2.84. The Bertz CT molecular complexity index is 801. The fraction of sp³-hybridized carbons (Fsp3) is 0.412. The molecule has 0 fully saturated rings. The van der Waals surface area contributed by atoms with Crippen molar-refractivity contribution in [3.8, 4) is 0 Å². The van der Waals surface area contributed by atoms with E-state index < -0.39 is 11.0 Å². The maximum Gasteiger partial charge on any atom is 0.303 e. The summed E-state index contributed by atoms with van der Waals surface area (Å²) in [6, 6.07) is 6.49. The van der Waals surface area contributed by atoms with Gasteiger partial charge in [-0.3, -0.25) is 14.9 Å². The largest absolute Gasteiger partial charge is 0.455 e. The molecule has 0 spiro atoms. The molecule has 1 aromatic heterocycles. The zero-order valence-corrected chi connectivity index (χ0v) is 15.7. The Labute approximate surface area is 150 Å². The first-order valence-electron chi connectivity index (χ1n) is 7.86. The summed E-state index contributed by atoms with van der Waals surface area (Å²) in [4.78, 5) is 27.2. The number of nitro benzene ring substituents is 1. The van der Waals surface area contributed by atoms with Gasteiger partial charge >= 0.3 is 5.97 Å². The van der Waals surface area contributed by atoms with Crippen LogP contribution < -0.4 is 0 Å². The molecule has 0 bridgehead atoms. The van der Waals surface area contributed by atoms with Crippen LogP contribution in [0.3, 0.4) is 0 Å². The van der Waals surface area contributed by atoms with E-state index in [1.807, 2.05) is 31.5 Å². The van der Waals surface area contributed by atoms with E-state index in [2.05, 4.69) is 4.98 Å². The van der Waals surface area contributed by atoms with Crippen molar-refractivity contribution >= 4 is 23.4 Å². The lowest BCUT2D eigenvalue weighted by Crippen LogP contribution is -2.10. The first kappa shape index (κ1) is 19.0. The lowest BCUT2D eigenvalue weighted by Gasteiger charge is -2.12. The highest BCUT2D eigenvalue weighted by atomic mass is 32.2. The summed E-state index contributed by atoms with van der Waals surface area (Å²) in [7, 11) is 1.86. The molecule has 0 saturated heterocycles. The average molecular weight is 363 g/mol. The van der Waals surface area contributed by atoms with Gasteiger partial charge in [-0.2, -0.15) is 0 Å². The third-order valence-corrected chi connectivity index (χ3v) is 4.76. The number of hydrogen-bond acceptors (Lipinski definition) is 6. The fourth-order valence-corrected chi connectivity index (χ4v) is 3.62. The van der Waals surface area contributed by atoms with E-state index in [1.54, 1.807) is 13.0 Å². The summed E-state index contributed by atoms with van der Waals surface area (Å²) < 4.78 is 7.13. The lowest BCUT2D eigenvalue weighted by molar-refractivity contribution is -0.385. The highest BCUT2D eigenvalue weighted by molar-refractivity contribution is 7.99. The second-order valence-corrected chi connectivity index (χ2v) is 7.04. The summed E-state index contributed by atoms with van der Waals surface area (Å²) in [6.07, 6.45) is -0.473. The van der Waals surface area contributed by atoms with Crippen LogP contribution in [0.15, 0.2) is 34.2 Å². The van der Waals surface area contributed by atoms with Crippen LogP contribution in [0.2, 0.25) is 0 Å². The summed E-state index contributed by atoms with van der Waals surface area (Å²) in [5, 5.41) is 11.9. The normalized spacial score (nSPS) is 12.2. The predicted molar refractivity (Wildman–Crippen MR) is 94.7 cm³/mol. The standard InChI is InChI=1S/C17H21N3O4S/c1-10(2)15-17(19(5)16(18-15)11(3)24-12(4)21)25-14-8-6-7-13(9-14)20(22)23/h6-11H,1-5H3. The van der Waals surface area contributed by atoms with E-state index in [4.69, 9.17) is 4.74 Å². The SMILES string of the molecule is CC(=O)OC(C)c1nc(C(C)C)c(Sc2cccc([N+](=O)[O-])c2)n1C. The molecule has 2 rings (SSSR count). The van der Waals surface area contributed by atoms with Gasteiger partial charge in [-0.25, -0.2) is 4.98 Å². The molecule has 7 nitrogen and oxygen atoms in total. The van der Waals surface area contributed by atoms with E-state index in [0.29, 0.717) is 5.82 Å². The molecule has 0 amide bonds. The van der Waals surface area contributed by atoms with E-state index in [-0.39, 0.29) is 17.6 Å². The minimum absolute atomic E-state index is 0.0479. The van der Waals surface area contributed by atoms with Crippen LogP contribution >= 0.6 is 11.8 Å². The Hall–Kier alpha value is -2.35. The van der Waals surface area contributed by atoms with Crippen molar-refractivity contribution in [3.63, 3.8) is 0 Å². The number of nitrogens with zero attached hydrogens (tertiary/aromatic N) is 3. The Kier molecular flexibility index (Phi) is 5.84. The third-order valence-electron chi connectivity index (χ3n) is 3.60. The molecule has 134 valence electrons. The van der Waals surface area contributed by atoms with Crippen LogP contribution in [0.5, 0.6) is 0 Å². The van der Waals surface area contributed by atoms with Crippen molar-refractivity contribution in [1.82, 2.24) is 9.55 Å². The van der Waals surface area contributed by atoms with Crippen LogP contribution in [0, 0.1) is 10.1 Å². The minimum atomic E-state index is -0.473. The molecule has 0 aliphatic rings. The smallest absolute Gasteiger partial charge is 0.303 e. The predicted octanol–water partition coefficient (Wildman–Crippen LogP) is 4.23. The van der Waals surface area contributed by atoms with Crippen molar-refractivity contribution in [2.24, 2.45) is 7.05 Å². The van der Waals surface area contributed by atoms with Gasteiger partial charge in [0.2, 0.25) is 0 Å². The maximum absolute atomic E-state index is 11.2. The molecule has 0 aliphatic carbocycles. The Morgan fingerprint density at radius 3 is 2.60 bits per heavy atom. The van der Waals surface area contributed by atoms with Crippen molar-refractivity contribution < 1.29 is 14.5 Å². The van der Waals surface area contributed by atoms with Crippen molar-refractivity contribution in [3.05, 3.63) is 45.9 Å². The number of rotatable bonds is 6.